The van der Waals surface area contributed by atoms with Crippen molar-refractivity contribution in [3.05, 3.63) is 35.5 Å². The number of benzene rings is 1. The van der Waals surface area contributed by atoms with Gasteiger partial charge in [0.25, 0.3) is 0 Å². The number of rotatable bonds is 3. The van der Waals surface area contributed by atoms with E-state index in [1.54, 1.807) is 13.1 Å². The Kier molecular flexibility index (Phi) is 2.92. The van der Waals surface area contributed by atoms with E-state index >= 15 is 0 Å². The molecule has 0 spiro atoms. The first-order valence-corrected chi connectivity index (χ1v) is 5.84. The van der Waals surface area contributed by atoms with Gasteiger partial charge in [0.15, 0.2) is 0 Å². The number of carbonyl (C=O) groups is 1. The minimum Gasteiger partial charge on any atom is -0.481 e. The molecule has 17 heavy (non-hydrogen) atoms. The van der Waals surface area contributed by atoms with Crippen LogP contribution >= 0.6 is 0 Å². The number of H-pyrrole nitrogens is 1. The molecule has 1 atom stereocenters. The summed E-state index contributed by atoms with van der Waals surface area (Å²) in [5.41, 5.74) is 3.09. The van der Waals surface area contributed by atoms with E-state index in [1.165, 1.54) is 5.56 Å². The van der Waals surface area contributed by atoms with Crippen molar-refractivity contribution >= 4 is 16.9 Å². The molecule has 3 nitrogen and oxygen atoms in total. The van der Waals surface area contributed by atoms with Crippen LogP contribution in [0.5, 0.6) is 0 Å². The van der Waals surface area contributed by atoms with Gasteiger partial charge < -0.3 is 10.1 Å². The first kappa shape index (κ1) is 11.7. The molecule has 1 heterocycles. The van der Waals surface area contributed by atoms with Crippen LogP contribution in [0.4, 0.5) is 0 Å². The van der Waals surface area contributed by atoms with Gasteiger partial charge in [-0.2, -0.15) is 0 Å². The van der Waals surface area contributed by atoms with Crippen LogP contribution in [0.2, 0.25) is 0 Å². The van der Waals surface area contributed by atoms with Gasteiger partial charge in [0.2, 0.25) is 0 Å². The van der Waals surface area contributed by atoms with Crippen molar-refractivity contribution in [3.8, 4) is 0 Å². The van der Waals surface area contributed by atoms with E-state index in [-0.39, 0.29) is 0 Å². The van der Waals surface area contributed by atoms with Gasteiger partial charge in [-0.3, -0.25) is 4.79 Å². The molecule has 2 N–H and O–H groups in total. The zero-order valence-electron chi connectivity index (χ0n) is 10.3. The lowest BCUT2D eigenvalue weighted by molar-refractivity contribution is -0.138. The molecule has 0 fully saturated rings. The van der Waals surface area contributed by atoms with Crippen LogP contribution in [0.25, 0.3) is 10.9 Å². The zero-order valence-corrected chi connectivity index (χ0v) is 10.3. The van der Waals surface area contributed by atoms with Crippen LogP contribution < -0.4 is 0 Å². The van der Waals surface area contributed by atoms with E-state index < -0.39 is 11.9 Å². The van der Waals surface area contributed by atoms with E-state index in [2.05, 4.69) is 31.0 Å². The predicted octanol–water partition coefficient (Wildman–Crippen LogP) is 3.48. The highest BCUT2D eigenvalue weighted by Gasteiger charge is 2.18. The summed E-state index contributed by atoms with van der Waals surface area (Å²) in [5, 5.41) is 10.1. The van der Waals surface area contributed by atoms with Crippen molar-refractivity contribution in [1.29, 1.82) is 0 Å². The summed E-state index contributed by atoms with van der Waals surface area (Å²) in [4.78, 5) is 14.2. The Balaban J connectivity index is 2.57. The molecule has 0 aliphatic rings. The van der Waals surface area contributed by atoms with Crippen LogP contribution in [0.1, 0.15) is 43.7 Å². The van der Waals surface area contributed by atoms with Crippen LogP contribution in [-0.4, -0.2) is 16.1 Å². The first-order chi connectivity index (χ1) is 8.00. The Bertz CT molecular complexity index is 554. The van der Waals surface area contributed by atoms with Crippen LogP contribution in [0.3, 0.4) is 0 Å². The van der Waals surface area contributed by atoms with Gasteiger partial charge in [0.1, 0.15) is 0 Å². The smallest absolute Gasteiger partial charge is 0.310 e. The molecule has 90 valence electrons. The molecule has 0 aliphatic carbocycles. The highest BCUT2D eigenvalue weighted by atomic mass is 16.4. The molecule has 2 rings (SSSR count). The minimum atomic E-state index is -0.791. The van der Waals surface area contributed by atoms with Gasteiger partial charge in [0.05, 0.1) is 5.92 Å². The highest BCUT2D eigenvalue weighted by Crippen LogP contribution is 2.28. The minimum absolute atomic E-state index is 0.447. The summed E-state index contributed by atoms with van der Waals surface area (Å²) in [6.45, 7) is 5.98. The fourth-order valence-corrected chi connectivity index (χ4v) is 2.01. The highest BCUT2D eigenvalue weighted by molar-refractivity contribution is 5.89. The first-order valence-electron chi connectivity index (χ1n) is 5.84. The molecule has 0 saturated carbocycles. The molecule has 3 heteroatoms. The molecule has 0 amide bonds. The molecule has 0 bridgehead atoms. The van der Waals surface area contributed by atoms with Gasteiger partial charge in [-0.15, -0.1) is 0 Å². The standard InChI is InChI=1S/C14H17NO2/c1-8(2)10-4-5-13-11(6-10)12(7-15-13)9(3)14(16)17/h4-9,15H,1-3H3,(H,16,17). The SMILES string of the molecule is CC(C)c1ccc2[nH]cc(C(C)C(=O)O)c2c1. The molecule has 1 aromatic carbocycles. The van der Waals surface area contributed by atoms with Crippen molar-refractivity contribution in [2.24, 2.45) is 0 Å². The van der Waals surface area contributed by atoms with Crippen molar-refractivity contribution < 1.29 is 9.90 Å². The molecule has 0 saturated heterocycles. The normalized spacial score (nSPS) is 13.2. The molecular weight excluding hydrogens is 214 g/mol. The second kappa shape index (κ2) is 4.24. The van der Waals surface area contributed by atoms with E-state index in [1.807, 2.05) is 6.07 Å². The van der Waals surface area contributed by atoms with Crippen LogP contribution in [0.15, 0.2) is 24.4 Å². The maximum absolute atomic E-state index is 11.0. The fourth-order valence-electron chi connectivity index (χ4n) is 2.01. The average molecular weight is 231 g/mol. The number of aromatic nitrogens is 1. The van der Waals surface area contributed by atoms with Gasteiger partial charge in [-0.1, -0.05) is 19.9 Å². The fraction of sp³-hybridized carbons (Fsp3) is 0.357. The van der Waals surface area contributed by atoms with Crippen molar-refractivity contribution in [2.45, 2.75) is 32.6 Å². The third-order valence-electron chi connectivity index (χ3n) is 3.24. The van der Waals surface area contributed by atoms with E-state index in [0.717, 1.165) is 16.5 Å². The summed E-state index contributed by atoms with van der Waals surface area (Å²) in [7, 11) is 0. The molecule has 0 aliphatic heterocycles. The zero-order chi connectivity index (χ0) is 12.6. The van der Waals surface area contributed by atoms with Crippen LogP contribution in [-0.2, 0) is 4.79 Å². The van der Waals surface area contributed by atoms with Crippen LogP contribution in [0, 0.1) is 0 Å². The summed E-state index contributed by atoms with van der Waals surface area (Å²) in [6.07, 6.45) is 1.80. The van der Waals surface area contributed by atoms with Crippen molar-refractivity contribution in [3.63, 3.8) is 0 Å². The lowest BCUT2D eigenvalue weighted by Gasteiger charge is -2.08. The predicted molar refractivity (Wildman–Crippen MR) is 68.4 cm³/mol. The second-order valence-electron chi connectivity index (χ2n) is 4.76. The quantitative estimate of drug-likeness (QED) is 0.849. The maximum Gasteiger partial charge on any atom is 0.310 e. The number of nitrogens with one attached hydrogen (secondary N) is 1. The second-order valence-corrected chi connectivity index (χ2v) is 4.76. The van der Waals surface area contributed by atoms with E-state index in [4.69, 9.17) is 5.11 Å². The van der Waals surface area contributed by atoms with Gasteiger partial charge in [-0.25, -0.2) is 0 Å². The Labute approximate surface area is 100 Å². The lowest BCUT2D eigenvalue weighted by atomic mass is 9.96. The summed E-state index contributed by atoms with van der Waals surface area (Å²) >= 11 is 0. The number of aliphatic carboxylic acids is 1. The number of carboxylic acid groups (broad SMARTS) is 1. The third kappa shape index (κ3) is 2.05. The van der Waals surface area contributed by atoms with Gasteiger partial charge >= 0.3 is 5.97 Å². The number of hydrogen-bond donors (Lipinski definition) is 2. The molecular formula is C14H17NO2. The lowest BCUT2D eigenvalue weighted by Crippen LogP contribution is -2.06. The Morgan fingerprint density at radius 3 is 2.59 bits per heavy atom. The maximum atomic E-state index is 11.0. The van der Waals surface area contributed by atoms with Crippen molar-refractivity contribution in [1.82, 2.24) is 4.98 Å². The monoisotopic (exact) mass is 231 g/mol. The summed E-state index contributed by atoms with van der Waals surface area (Å²) < 4.78 is 0. The van der Waals surface area contributed by atoms with Gasteiger partial charge in [-0.05, 0) is 36.1 Å². The molecule has 1 aromatic heterocycles. The molecule has 0 radical (unpaired) electrons. The Morgan fingerprint density at radius 2 is 2.00 bits per heavy atom. The number of carboxylic acids is 1. The third-order valence-corrected chi connectivity index (χ3v) is 3.24. The largest absolute Gasteiger partial charge is 0.481 e. The summed E-state index contributed by atoms with van der Waals surface area (Å²) in [6, 6.07) is 6.19. The average Bonchev–Trinajstić information content (AvgIpc) is 2.70. The van der Waals surface area contributed by atoms with Crippen molar-refractivity contribution in [2.75, 3.05) is 0 Å². The Hall–Kier alpha value is -1.77. The summed E-state index contributed by atoms with van der Waals surface area (Å²) in [5.74, 6) is -0.825. The number of aromatic amines is 1. The van der Waals surface area contributed by atoms with Gasteiger partial charge in [0, 0.05) is 17.1 Å². The number of fused-ring (bicyclic) bond motifs is 1. The molecule has 2 aromatic rings. The Morgan fingerprint density at radius 1 is 1.29 bits per heavy atom. The number of hydrogen-bond acceptors (Lipinski definition) is 1. The topological polar surface area (TPSA) is 53.1 Å². The van der Waals surface area contributed by atoms with E-state index in [0.29, 0.717) is 5.92 Å². The molecule has 1 unspecified atom stereocenters. The van der Waals surface area contributed by atoms with E-state index in [9.17, 15) is 4.79 Å².